The zero-order chi connectivity index (χ0) is 21.1. The molecule has 4 rings (SSSR count). The Labute approximate surface area is 182 Å². The van der Waals surface area contributed by atoms with Crippen molar-refractivity contribution in [2.24, 2.45) is 0 Å². The molecule has 0 aliphatic rings. The van der Waals surface area contributed by atoms with E-state index in [1.54, 1.807) is 44.0 Å². The van der Waals surface area contributed by atoms with Gasteiger partial charge in [0.2, 0.25) is 5.91 Å². The summed E-state index contributed by atoms with van der Waals surface area (Å²) in [6.07, 6.45) is 8.18. The fraction of sp³-hybridized carbons (Fsp3) is 0.150. The summed E-state index contributed by atoms with van der Waals surface area (Å²) in [6.45, 7) is 2.02. The maximum Gasteiger partial charge on any atom is 0.242 e. The summed E-state index contributed by atoms with van der Waals surface area (Å²) in [7, 11) is 0. The number of hydrogen-bond acceptors (Lipinski definition) is 6. The van der Waals surface area contributed by atoms with Crippen LogP contribution in [-0.4, -0.2) is 36.9 Å². The second kappa shape index (κ2) is 8.64. The number of amides is 1. The van der Waals surface area contributed by atoms with Crippen molar-refractivity contribution in [3.05, 3.63) is 64.9 Å². The smallest absolute Gasteiger partial charge is 0.242 e. The van der Waals surface area contributed by atoms with Gasteiger partial charge in [-0.2, -0.15) is 0 Å². The van der Waals surface area contributed by atoms with Gasteiger partial charge in [0.25, 0.3) is 0 Å². The van der Waals surface area contributed by atoms with E-state index in [1.807, 2.05) is 12.1 Å². The van der Waals surface area contributed by atoms with Crippen LogP contribution in [0.25, 0.3) is 22.3 Å². The van der Waals surface area contributed by atoms with E-state index in [2.05, 4.69) is 35.6 Å². The molecular weight excluding hydrogens is 425 g/mol. The Kier molecular flexibility index (Phi) is 5.78. The Bertz CT molecular complexity index is 1210. The van der Waals surface area contributed by atoms with Crippen molar-refractivity contribution < 1.29 is 4.79 Å². The number of rotatable bonds is 6. The molecule has 152 valence electrons. The lowest BCUT2D eigenvalue weighted by Crippen LogP contribution is -2.37. The van der Waals surface area contributed by atoms with Crippen molar-refractivity contribution in [2.45, 2.75) is 19.5 Å². The average Bonchev–Trinajstić information content (AvgIpc) is 3.16. The molecule has 4 heterocycles. The molecule has 8 nitrogen and oxygen atoms in total. The molecule has 4 aromatic rings. The normalized spacial score (nSPS) is 12.0. The number of aromatic amines is 1. The average molecular weight is 442 g/mol. The number of H-pyrrole nitrogens is 1. The molecule has 0 unspecified atom stereocenters. The van der Waals surface area contributed by atoms with Crippen molar-refractivity contribution in [3.63, 3.8) is 0 Å². The highest BCUT2D eigenvalue weighted by atomic mass is 35.5. The lowest BCUT2D eigenvalue weighted by atomic mass is 10.1. The molecule has 0 aromatic carbocycles. The van der Waals surface area contributed by atoms with Gasteiger partial charge in [-0.3, -0.25) is 9.78 Å². The van der Waals surface area contributed by atoms with E-state index in [4.69, 9.17) is 23.2 Å². The summed E-state index contributed by atoms with van der Waals surface area (Å²) in [5.74, 6) is 0.268. The number of pyridine rings is 2. The standard InChI is InChI=1S/C20H17Cl2N7O/c1-11(20(30)27-6-12-3-2-4-24-18(12)22)28-17-10-23-9-16(29-17)15-8-26-19-14(15)5-13(21)7-25-19/h2-5,7-11H,6H2,1H3,(H,25,26)(H,27,30)(H,28,29)/t11-/m1/s1. The molecular formula is C20H17Cl2N7O. The van der Waals surface area contributed by atoms with Gasteiger partial charge in [-0.1, -0.05) is 29.3 Å². The lowest BCUT2D eigenvalue weighted by molar-refractivity contribution is -0.121. The van der Waals surface area contributed by atoms with Crippen molar-refractivity contribution in [2.75, 3.05) is 5.32 Å². The fourth-order valence-corrected chi connectivity index (χ4v) is 3.27. The number of halogens is 2. The highest BCUT2D eigenvalue weighted by molar-refractivity contribution is 6.31. The molecule has 0 spiro atoms. The topological polar surface area (TPSA) is 108 Å². The molecule has 1 amide bonds. The van der Waals surface area contributed by atoms with Gasteiger partial charge >= 0.3 is 0 Å². The Morgan fingerprint density at radius 2 is 2.10 bits per heavy atom. The van der Waals surface area contributed by atoms with Gasteiger partial charge in [-0.25, -0.2) is 15.0 Å². The van der Waals surface area contributed by atoms with Crippen LogP contribution in [0.5, 0.6) is 0 Å². The molecule has 3 N–H and O–H groups in total. The summed E-state index contributed by atoms with van der Waals surface area (Å²) in [5.41, 5.74) is 2.90. The number of anilines is 1. The van der Waals surface area contributed by atoms with Crippen LogP contribution in [-0.2, 0) is 11.3 Å². The fourth-order valence-electron chi connectivity index (χ4n) is 2.93. The second-order valence-corrected chi connectivity index (χ2v) is 7.37. The molecule has 10 heteroatoms. The van der Waals surface area contributed by atoms with Gasteiger partial charge in [0.05, 0.1) is 23.1 Å². The van der Waals surface area contributed by atoms with E-state index in [-0.39, 0.29) is 12.5 Å². The maximum absolute atomic E-state index is 12.4. The van der Waals surface area contributed by atoms with Gasteiger partial charge in [-0.15, -0.1) is 0 Å². The number of hydrogen-bond donors (Lipinski definition) is 3. The first kappa shape index (κ1) is 20.1. The molecule has 0 fully saturated rings. The second-order valence-electron chi connectivity index (χ2n) is 6.58. The SMILES string of the molecule is C[C@@H](Nc1cncc(-c2c[nH]c3ncc(Cl)cc23)n1)C(=O)NCc1cccnc1Cl. The van der Waals surface area contributed by atoms with Crippen LogP contribution in [0.1, 0.15) is 12.5 Å². The Balaban J connectivity index is 1.46. The minimum absolute atomic E-state index is 0.204. The summed E-state index contributed by atoms with van der Waals surface area (Å²) in [4.78, 5) is 32.6. The molecule has 30 heavy (non-hydrogen) atoms. The van der Waals surface area contributed by atoms with Crippen LogP contribution in [0.2, 0.25) is 10.2 Å². The highest BCUT2D eigenvalue weighted by Gasteiger charge is 2.15. The van der Waals surface area contributed by atoms with E-state index >= 15 is 0 Å². The highest BCUT2D eigenvalue weighted by Crippen LogP contribution is 2.28. The molecule has 4 aromatic heterocycles. The third kappa shape index (κ3) is 4.34. The summed E-state index contributed by atoms with van der Waals surface area (Å²) in [5, 5.41) is 7.64. The van der Waals surface area contributed by atoms with Crippen molar-refractivity contribution >= 4 is 46.0 Å². The third-order valence-corrected chi connectivity index (χ3v) is 5.00. The number of nitrogens with one attached hydrogen (secondary N) is 3. The Morgan fingerprint density at radius 1 is 1.23 bits per heavy atom. The van der Waals surface area contributed by atoms with Crippen molar-refractivity contribution in [1.29, 1.82) is 0 Å². The van der Waals surface area contributed by atoms with Gasteiger partial charge in [0, 0.05) is 41.6 Å². The van der Waals surface area contributed by atoms with Gasteiger partial charge < -0.3 is 15.6 Å². The minimum Gasteiger partial charge on any atom is -0.357 e. The van der Waals surface area contributed by atoms with Crippen LogP contribution in [0, 0.1) is 0 Å². The van der Waals surface area contributed by atoms with Gasteiger partial charge in [0.15, 0.2) is 0 Å². The van der Waals surface area contributed by atoms with E-state index in [0.29, 0.717) is 27.3 Å². The number of carbonyl (C=O) groups is 1. The number of carbonyl (C=O) groups excluding carboxylic acids is 1. The van der Waals surface area contributed by atoms with Crippen LogP contribution in [0.3, 0.4) is 0 Å². The zero-order valence-electron chi connectivity index (χ0n) is 15.9. The van der Waals surface area contributed by atoms with Crippen molar-refractivity contribution in [1.82, 2.24) is 30.2 Å². The first-order valence-corrected chi connectivity index (χ1v) is 9.85. The van der Waals surface area contributed by atoms with Crippen LogP contribution in [0.4, 0.5) is 5.82 Å². The Hall–Kier alpha value is -3.23. The van der Waals surface area contributed by atoms with Crippen LogP contribution >= 0.6 is 23.2 Å². The van der Waals surface area contributed by atoms with E-state index in [0.717, 1.165) is 16.5 Å². The van der Waals surface area contributed by atoms with E-state index in [9.17, 15) is 4.79 Å². The molecule has 0 aliphatic heterocycles. The molecule has 0 saturated carbocycles. The largest absolute Gasteiger partial charge is 0.357 e. The monoisotopic (exact) mass is 441 g/mol. The maximum atomic E-state index is 12.4. The van der Waals surface area contributed by atoms with E-state index < -0.39 is 6.04 Å². The minimum atomic E-state index is -0.538. The number of fused-ring (bicyclic) bond motifs is 1. The molecule has 0 radical (unpaired) electrons. The Morgan fingerprint density at radius 3 is 2.93 bits per heavy atom. The quantitative estimate of drug-likeness (QED) is 0.392. The van der Waals surface area contributed by atoms with Crippen LogP contribution in [0.15, 0.2) is 49.2 Å². The summed E-state index contributed by atoms with van der Waals surface area (Å²) in [6, 6.07) is 4.86. The van der Waals surface area contributed by atoms with Crippen LogP contribution < -0.4 is 10.6 Å². The lowest BCUT2D eigenvalue weighted by Gasteiger charge is -2.15. The number of aromatic nitrogens is 5. The predicted octanol–water partition coefficient (Wildman–Crippen LogP) is 3.84. The predicted molar refractivity (Wildman–Crippen MR) is 116 cm³/mol. The first-order valence-electron chi connectivity index (χ1n) is 9.10. The summed E-state index contributed by atoms with van der Waals surface area (Å²) < 4.78 is 0. The summed E-state index contributed by atoms with van der Waals surface area (Å²) >= 11 is 12.1. The molecule has 0 bridgehead atoms. The van der Waals surface area contributed by atoms with E-state index in [1.165, 1.54) is 0 Å². The first-order chi connectivity index (χ1) is 14.5. The van der Waals surface area contributed by atoms with Crippen molar-refractivity contribution in [3.8, 4) is 11.3 Å². The molecule has 0 aliphatic carbocycles. The molecule has 0 saturated heterocycles. The molecule has 1 atom stereocenters. The van der Waals surface area contributed by atoms with Gasteiger partial charge in [-0.05, 0) is 19.1 Å². The van der Waals surface area contributed by atoms with Gasteiger partial charge in [0.1, 0.15) is 22.7 Å². The zero-order valence-corrected chi connectivity index (χ0v) is 17.4. The third-order valence-electron chi connectivity index (χ3n) is 4.46. The number of nitrogens with zero attached hydrogens (tertiary/aromatic N) is 4.